The number of carbonyl (C=O) groups is 2. The van der Waals surface area contributed by atoms with Crippen LogP contribution in [0.4, 0.5) is 11.4 Å². The van der Waals surface area contributed by atoms with Crippen LogP contribution in [0.3, 0.4) is 0 Å². The number of hydrogen-bond acceptors (Lipinski definition) is 16. The van der Waals surface area contributed by atoms with Crippen molar-refractivity contribution in [1.82, 2.24) is 24.6 Å². The van der Waals surface area contributed by atoms with Gasteiger partial charge in [0.25, 0.3) is 11.8 Å². The van der Waals surface area contributed by atoms with Crippen LogP contribution in [0.2, 0.25) is 0 Å². The van der Waals surface area contributed by atoms with Crippen molar-refractivity contribution < 1.29 is 47.5 Å². The Morgan fingerprint density at radius 3 is 1.75 bits per heavy atom. The summed E-state index contributed by atoms with van der Waals surface area (Å²) in [5.41, 5.74) is 5.48. The second kappa shape index (κ2) is 25.0. The van der Waals surface area contributed by atoms with E-state index in [0.717, 1.165) is 58.7 Å². The van der Waals surface area contributed by atoms with Crippen molar-refractivity contribution in [2.45, 2.75) is 77.0 Å². The van der Waals surface area contributed by atoms with Crippen LogP contribution >= 0.6 is 12.6 Å². The molecule has 2 aromatic carbocycles. The number of rotatable bonds is 24. The molecule has 2 atom stereocenters. The lowest BCUT2D eigenvalue weighted by atomic mass is 10.1. The first kappa shape index (κ1) is 52.8. The molecular weight excluding hydrogens is 939 g/mol. The maximum absolute atomic E-state index is 13.8. The zero-order chi connectivity index (χ0) is 50.6. The van der Waals surface area contributed by atoms with Gasteiger partial charge in [-0.3, -0.25) is 34.4 Å². The SMILES string of the molecule is C/C=C1\CC2C=Nc3cc(OCc4cc(OCCN(CCOCCOCCCN5CCOCC5)CC(C)(C)S)cc(COc5cc6c(cc5OC)C(=O)N5C/C(=C/C)C[C@H]5C=N6)n4)c(OC)cc3C(=O)N2C1. The van der Waals surface area contributed by atoms with Crippen LogP contribution in [-0.4, -0.2) is 178 Å². The number of pyridine rings is 1. The molecule has 0 spiro atoms. The predicted octanol–water partition coefficient (Wildman–Crippen LogP) is 7.15. The first-order valence-electron chi connectivity index (χ1n) is 25.1. The third-order valence-electron chi connectivity index (χ3n) is 13.4. The maximum Gasteiger partial charge on any atom is 0.257 e. The fourth-order valence-electron chi connectivity index (χ4n) is 9.52. The van der Waals surface area contributed by atoms with E-state index >= 15 is 0 Å². The van der Waals surface area contributed by atoms with Crippen molar-refractivity contribution in [3.8, 4) is 28.7 Å². The number of benzene rings is 2. The van der Waals surface area contributed by atoms with E-state index in [9.17, 15) is 9.59 Å². The van der Waals surface area contributed by atoms with Crippen LogP contribution < -0.4 is 23.7 Å². The van der Waals surface area contributed by atoms with E-state index in [1.807, 2.05) is 48.2 Å². The predicted molar refractivity (Wildman–Crippen MR) is 280 cm³/mol. The number of hydrogen-bond donors (Lipinski definition) is 1. The second-order valence-corrected chi connectivity index (χ2v) is 20.4. The lowest BCUT2D eigenvalue weighted by Crippen LogP contribution is -2.39. The van der Waals surface area contributed by atoms with Gasteiger partial charge in [-0.1, -0.05) is 23.3 Å². The summed E-state index contributed by atoms with van der Waals surface area (Å²) < 4.78 is 47.9. The molecule has 3 saturated heterocycles. The van der Waals surface area contributed by atoms with Crippen LogP contribution in [0.1, 0.15) is 79.1 Å². The molecule has 0 aliphatic carbocycles. The zero-order valence-electron chi connectivity index (χ0n) is 42.7. The Hall–Kier alpha value is -5.50. The highest BCUT2D eigenvalue weighted by atomic mass is 32.1. The summed E-state index contributed by atoms with van der Waals surface area (Å²) >= 11 is 4.85. The summed E-state index contributed by atoms with van der Waals surface area (Å²) in [6, 6.07) is 10.4. The highest BCUT2D eigenvalue weighted by molar-refractivity contribution is 7.81. The van der Waals surface area contributed by atoms with E-state index < -0.39 is 0 Å². The number of morpholine rings is 1. The summed E-state index contributed by atoms with van der Waals surface area (Å²) in [5.74, 6) is 2.01. The van der Waals surface area contributed by atoms with E-state index in [4.69, 9.17) is 65.5 Å². The zero-order valence-corrected chi connectivity index (χ0v) is 43.6. The van der Waals surface area contributed by atoms with E-state index in [1.165, 1.54) is 11.1 Å². The van der Waals surface area contributed by atoms with Crippen LogP contribution in [-0.2, 0) is 27.4 Å². The number of carbonyl (C=O) groups excluding carboxylic acids is 2. The van der Waals surface area contributed by atoms with Gasteiger partial charge in [0.1, 0.15) is 25.6 Å². The van der Waals surface area contributed by atoms with Crippen LogP contribution in [0.15, 0.2) is 69.7 Å². The Bertz CT molecular complexity index is 2370. The Kier molecular flexibility index (Phi) is 18.3. The van der Waals surface area contributed by atoms with Crippen molar-refractivity contribution in [2.75, 3.05) is 113 Å². The van der Waals surface area contributed by atoms with Gasteiger partial charge in [0.2, 0.25) is 0 Å². The molecule has 1 aromatic heterocycles. The molecule has 5 aliphatic rings. The third-order valence-corrected chi connectivity index (χ3v) is 13.5. The smallest absolute Gasteiger partial charge is 0.257 e. The molecule has 1 unspecified atom stereocenters. The topological polar surface area (TPSA) is 159 Å². The molecule has 17 nitrogen and oxygen atoms in total. The minimum absolute atomic E-state index is 0.0386. The number of methoxy groups -OCH3 is 2. The highest BCUT2D eigenvalue weighted by Crippen LogP contribution is 2.41. The van der Waals surface area contributed by atoms with E-state index in [2.05, 4.69) is 35.8 Å². The minimum Gasteiger partial charge on any atom is -0.493 e. The molecule has 0 bridgehead atoms. The number of aromatic nitrogens is 1. The van der Waals surface area contributed by atoms with Crippen molar-refractivity contribution in [2.24, 2.45) is 9.98 Å². The summed E-state index contributed by atoms with van der Waals surface area (Å²) in [4.78, 5) is 50.4. The Labute approximate surface area is 429 Å². The van der Waals surface area contributed by atoms with Gasteiger partial charge in [-0.25, -0.2) is 0 Å². The van der Waals surface area contributed by atoms with Gasteiger partial charge in [-0.05, 0) is 59.1 Å². The summed E-state index contributed by atoms with van der Waals surface area (Å²) in [6.07, 6.45) is 10.3. The van der Waals surface area contributed by atoms with Gasteiger partial charge in [0.15, 0.2) is 23.0 Å². The van der Waals surface area contributed by atoms with E-state index in [1.54, 1.807) is 38.5 Å². The van der Waals surface area contributed by atoms with E-state index in [-0.39, 0.29) is 41.9 Å². The molecule has 18 heteroatoms. The Morgan fingerprint density at radius 2 is 1.24 bits per heavy atom. The number of aliphatic imine (C=N–C) groups is 2. The number of ether oxygens (including phenoxy) is 8. The number of fused-ring (bicyclic) bond motifs is 4. The first-order valence-corrected chi connectivity index (χ1v) is 25.6. The molecule has 5 aliphatic heterocycles. The lowest BCUT2D eigenvalue weighted by molar-refractivity contribution is 0.0206. The van der Waals surface area contributed by atoms with Gasteiger partial charge >= 0.3 is 0 Å². The van der Waals surface area contributed by atoms with Crippen LogP contribution in [0.25, 0.3) is 0 Å². The molecule has 0 saturated carbocycles. The van der Waals surface area contributed by atoms with Gasteiger partial charge in [-0.15, -0.1) is 0 Å². The molecule has 0 radical (unpaired) electrons. The molecule has 2 amide bonds. The number of nitrogens with zero attached hydrogens (tertiary/aromatic N) is 7. The van der Waals surface area contributed by atoms with Crippen LogP contribution in [0, 0.1) is 0 Å². The van der Waals surface area contributed by atoms with Gasteiger partial charge in [-0.2, -0.15) is 12.6 Å². The molecule has 6 heterocycles. The largest absolute Gasteiger partial charge is 0.493 e. The van der Waals surface area contributed by atoms with Crippen LogP contribution in [0.5, 0.6) is 28.7 Å². The third kappa shape index (κ3) is 13.8. The summed E-state index contributed by atoms with van der Waals surface area (Å²) in [5, 5.41) is 0. The normalized spacial score (nSPS) is 19.9. The standard InChI is InChI=1S/C54H71N7O10S/c1-7-37-22-41-30-55-46-28-50(48(64-5)26-44(46)52(62)60(41)32-37)70-34-39-24-43(69-19-14-59(36-54(3,4)72)13-18-68-21-20-66-15-9-10-58-11-16-67-17-12-58)25-40(57-39)35-71-51-29-47-45(27-49(51)65-6)53(63)61-33-38(8-2)23-42(61)31-56-47/h7-8,24-31,41-42,72H,9-23,32-36H2,1-6H3/b37-7+,38-8+/t41-,42?/m0/s1. The van der Waals surface area contributed by atoms with E-state index in [0.29, 0.717) is 122 Å². The van der Waals surface area contributed by atoms with Crippen molar-refractivity contribution in [3.63, 3.8) is 0 Å². The Morgan fingerprint density at radius 1 is 0.708 bits per heavy atom. The minimum atomic E-state index is -0.251. The van der Waals surface area contributed by atoms with Gasteiger partial charge in [0, 0.05) is 100 Å². The van der Waals surface area contributed by atoms with Gasteiger partial charge < -0.3 is 47.7 Å². The van der Waals surface area contributed by atoms with Gasteiger partial charge in [0.05, 0.1) is 93.2 Å². The number of thiol groups is 1. The molecule has 388 valence electrons. The van der Waals surface area contributed by atoms with Crippen molar-refractivity contribution in [3.05, 3.63) is 82.2 Å². The number of allylic oxidation sites excluding steroid dienone is 2. The Balaban J connectivity index is 0.948. The fraction of sp³-hybridized carbons (Fsp3) is 0.537. The fourth-order valence-corrected chi connectivity index (χ4v) is 9.72. The molecule has 72 heavy (non-hydrogen) atoms. The number of amides is 2. The highest BCUT2D eigenvalue weighted by Gasteiger charge is 2.36. The monoisotopic (exact) mass is 1010 g/mol. The molecular formula is C54H71N7O10S. The van der Waals surface area contributed by atoms with Crippen molar-refractivity contribution in [1.29, 1.82) is 0 Å². The average Bonchev–Trinajstić information content (AvgIpc) is 3.95. The average molecular weight is 1010 g/mol. The molecule has 3 aromatic rings. The molecule has 3 fully saturated rings. The summed E-state index contributed by atoms with van der Waals surface area (Å²) in [7, 11) is 3.10. The summed E-state index contributed by atoms with van der Waals surface area (Å²) in [6.45, 7) is 18.7. The second-order valence-electron chi connectivity index (χ2n) is 19.2. The first-order chi connectivity index (χ1) is 34.9. The van der Waals surface area contributed by atoms with Crippen molar-refractivity contribution >= 4 is 48.2 Å². The lowest BCUT2D eigenvalue weighted by Gasteiger charge is -2.29. The maximum atomic E-state index is 13.8. The molecule has 0 N–H and O–H groups in total. The molecule has 8 rings (SSSR count). The quantitative estimate of drug-likeness (QED) is 0.0549.